The first-order valence-electron chi connectivity index (χ1n) is 20.1. The molecule has 0 aromatic heterocycles. The summed E-state index contributed by atoms with van der Waals surface area (Å²) in [5.41, 5.74) is 7.24. The number of aryl methyl sites for hydroxylation is 4. The number of hydrogen-bond acceptors (Lipinski definition) is 2. The van der Waals surface area contributed by atoms with Crippen molar-refractivity contribution in [3.05, 3.63) is 191 Å². The van der Waals surface area contributed by atoms with Crippen LogP contribution in [0, 0.1) is 27.7 Å². The first-order chi connectivity index (χ1) is 27.0. The van der Waals surface area contributed by atoms with Crippen LogP contribution in [0.5, 0.6) is 11.5 Å². The van der Waals surface area contributed by atoms with Crippen LogP contribution in [-0.2, 0) is 37.0 Å². The minimum absolute atomic E-state index is 0. The first-order valence-corrected chi connectivity index (χ1v) is 22.1. The number of benzene rings is 6. The molecule has 0 aliphatic carbocycles. The van der Waals surface area contributed by atoms with Crippen molar-refractivity contribution in [3.8, 4) is 11.5 Å². The van der Waals surface area contributed by atoms with E-state index in [1.807, 2.05) is 38.1 Å². The Morgan fingerprint density at radius 1 is 0.431 bits per heavy atom. The van der Waals surface area contributed by atoms with E-state index >= 15 is 0 Å². The van der Waals surface area contributed by atoms with Gasteiger partial charge in [0.2, 0.25) is 0 Å². The van der Waals surface area contributed by atoms with Gasteiger partial charge >= 0.3 is 26.2 Å². The van der Waals surface area contributed by atoms with Gasteiger partial charge in [0.05, 0.1) is 8.07 Å². The van der Waals surface area contributed by atoms with Crippen LogP contribution in [0.15, 0.2) is 158 Å². The van der Waals surface area contributed by atoms with E-state index in [1.54, 1.807) is 12.1 Å². The van der Waals surface area contributed by atoms with E-state index in [9.17, 15) is 10.2 Å². The predicted octanol–water partition coefficient (Wildman–Crippen LogP) is 11.4. The van der Waals surface area contributed by atoms with Crippen molar-refractivity contribution in [2.24, 2.45) is 0 Å². The third-order valence-electron chi connectivity index (χ3n) is 11.1. The predicted molar refractivity (Wildman–Crippen MR) is 249 cm³/mol. The van der Waals surface area contributed by atoms with E-state index in [0.29, 0.717) is 11.5 Å². The van der Waals surface area contributed by atoms with Crippen molar-refractivity contribution in [1.29, 1.82) is 0 Å². The van der Waals surface area contributed by atoms with Gasteiger partial charge in [-0.15, -0.1) is 91.6 Å². The second kappa shape index (κ2) is 18.0. The standard InChI is InChI=1S/C32H26Si.2C11H16O.Zr/c1-23-21-25-13-9-11-19-29(25)31(23)33(27-15-5-3-6-16-27,28-17-7-4-8-18-28)32-24(2)22-26-14-10-12-20-30(26)32;2*1-8-5-6-10(12)9(7-8)11(2,3)4;/h3-22H,1-2H3;2*5-7,12H,1-4H3;/q-2;;;+2. The van der Waals surface area contributed by atoms with Crippen molar-refractivity contribution in [1.82, 2.24) is 0 Å². The SMILES string of the molecule is Cc1[cH-]c2ccccc2c1[Si](c1ccccc1)(c1ccccc1)c1c(C)[cH-]c2ccccc12.Cc1ccc(O)c(C(C)(C)C)c1.Cc1ccc(O)c(C(C)(C)C)c1.[Zr+2]. The molecule has 294 valence electrons. The van der Waals surface area contributed by atoms with Gasteiger partial charge in [-0.3, -0.25) is 0 Å². The summed E-state index contributed by atoms with van der Waals surface area (Å²) < 4.78 is 0. The molecule has 0 unspecified atom stereocenters. The number of hydrogen-bond donors (Lipinski definition) is 2. The average Bonchev–Trinajstić information content (AvgIpc) is 3.70. The van der Waals surface area contributed by atoms with Crippen LogP contribution in [0.3, 0.4) is 0 Å². The van der Waals surface area contributed by atoms with E-state index in [2.05, 4.69) is 177 Å². The summed E-state index contributed by atoms with van der Waals surface area (Å²) in [5, 5.41) is 30.5. The Kier molecular flexibility index (Phi) is 13.8. The van der Waals surface area contributed by atoms with Crippen molar-refractivity contribution in [3.63, 3.8) is 0 Å². The fourth-order valence-electron chi connectivity index (χ4n) is 8.48. The van der Waals surface area contributed by atoms with Gasteiger partial charge in [-0.1, -0.05) is 174 Å². The Morgan fingerprint density at radius 3 is 1.09 bits per heavy atom. The molecular formula is C54H58O2SiZr. The molecule has 0 spiro atoms. The molecule has 4 heteroatoms. The smallest absolute Gasteiger partial charge is 0.508 e. The molecule has 0 heterocycles. The summed E-state index contributed by atoms with van der Waals surface area (Å²) in [7, 11) is -2.61. The summed E-state index contributed by atoms with van der Waals surface area (Å²) in [5.74, 6) is 0.793. The molecule has 0 amide bonds. The zero-order valence-electron chi connectivity index (χ0n) is 35.9. The molecule has 0 fully saturated rings. The summed E-state index contributed by atoms with van der Waals surface area (Å²) in [6.07, 6.45) is 0. The molecule has 8 aromatic rings. The minimum atomic E-state index is -2.61. The Bertz CT molecular complexity index is 2420. The summed E-state index contributed by atoms with van der Waals surface area (Å²) in [6.45, 7) is 21.3. The van der Waals surface area contributed by atoms with Gasteiger partial charge in [-0.2, -0.15) is 0 Å². The van der Waals surface area contributed by atoms with E-state index in [4.69, 9.17) is 0 Å². The molecule has 8 aromatic carbocycles. The van der Waals surface area contributed by atoms with Crippen LogP contribution in [0.1, 0.15) is 74.9 Å². The van der Waals surface area contributed by atoms with E-state index in [1.165, 1.54) is 64.5 Å². The van der Waals surface area contributed by atoms with Gasteiger partial charge in [0.25, 0.3) is 0 Å². The third-order valence-corrected chi connectivity index (χ3v) is 16.3. The Balaban J connectivity index is 0.000000211. The van der Waals surface area contributed by atoms with Crippen LogP contribution in [0.2, 0.25) is 0 Å². The Hall–Kier alpha value is -4.76. The minimum Gasteiger partial charge on any atom is -0.508 e. The first kappa shape index (κ1) is 44.3. The molecule has 2 N–H and O–H groups in total. The topological polar surface area (TPSA) is 40.5 Å². The quantitative estimate of drug-likeness (QED) is 0.137. The summed E-state index contributed by atoms with van der Waals surface area (Å²) in [6, 6.07) is 56.6. The van der Waals surface area contributed by atoms with E-state index < -0.39 is 8.07 Å². The van der Waals surface area contributed by atoms with Crippen molar-refractivity contribution < 1.29 is 36.4 Å². The second-order valence-corrected chi connectivity index (χ2v) is 21.3. The van der Waals surface area contributed by atoms with Gasteiger partial charge < -0.3 is 10.2 Å². The molecule has 58 heavy (non-hydrogen) atoms. The fourth-order valence-corrected chi connectivity index (χ4v) is 14.2. The van der Waals surface area contributed by atoms with Crippen molar-refractivity contribution in [2.75, 3.05) is 0 Å². The zero-order chi connectivity index (χ0) is 41.1. The Morgan fingerprint density at radius 2 is 0.759 bits per heavy atom. The number of phenolic OH excluding ortho intramolecular Hbond substituents is 2. The molecule has 0 atom stereocenters. The third kappa shape index (κ3) is 9.10. The molecule has 0 bridgehead atoms. The maximum atomic E-state index is 9.57. The molecule has 8 rings (SSSR count). The Labute approximate surface area is 367 Å². The average molecular weight is 858 g/mol. The van der Waals surface area contributed by atoms with Gasteiger partial charge in [0, 0.05) is 0 Å². The normalized spacial score (nSPS) is 11.6. The number of fused-ring (bicyclic) bond motifs is 2. The molecule has 0 aliphatic rings. The summed E-state index contributed by atoms with van der Waals surface area (Å²) >= 11 is 0. The van der Waals surface area contributed by atoms with Gasteiger partial charge in [-0.25, -0.2) is 0 Å². The van der Waals surface area contributed by atoms with Crippen molar-refractivity contribution in [2.45, 2.75) is 80.1 Å². The maximum Gasteiger partial charge on any atom is 2.00 e. The van der Waals surface area contributed by atoms with Gasteiger partial charge in [0.15, 0.2) is 0 Å². The maximum absolute atomic E-state index is 9.57. The van der Waals surface area contributed by atoms with Crippen LogP contribution >= 0.6 is 0 Å². The van der Waals surface area contributed by atoms with E-state index in [-0.39, 0.29) is 37.0 Å². The van der Waals surface area contributed by atoms with Crippen LogP contribution < -0.4 is 20.7 Å². The summed E-state index contributed by atoms with van der Waals surface area (Å²) in [4.78, 5) is 0. The van der Waals surface area contributed by atoms with Gasteiger partial charge in [-0.05, 0) is 47.9 Å². The van der Waals surface area contributed by atoms with Gasteiger partial charge in [0.1, 0.15) is 11.5 Å². The molecule has 0 saturated carbocycles. The molecule has 0 radical (unpaired) electrons. The van der Waals surface area contributed by atoms with Crippen LogP contribution in [0.4, 0.5) is 0 Å². The number of aromatic hydroxyl groups is 2. The molecular weight excluding hydrogens is 800 g/mol. The molecule has 2 nitrogen and oxygen atoms in total. The van der Waals surface area contributed by atoms with Crippen molar-refractivity contribution >= 4 is 50.4 Å². The van der Waals surface area contributed by atoms with Crippen LogP contribution in [0.25, 0.3) is 21.5 Å². The number of phenols is 2. The largest absolute Gasteiger partial charge is 2.00 e. The molecule has 0 saturated heterocycles. The molecule has 0 aliphatic heterocycles. The van der Waals surface area contributed by atoms with Crippen LogP contribution in [-0.4, -0.2) is 18.3 Å². The monoisotopic (exact) mass is 856 g/mol. The zero-order valence-corrected chi connectivity index (χ0v) is 39.4. The van der Waals surface area contributed by atoms with E-state index in [0.717, 1.165) is 11.1 Å². The number of rotatable bonds is 4. The second-order valence-electron chi connectivity index (χ2n) is 17.6. The fraction of sp³-hybridized carbons (Fsp3) is 0.222.